The van der Waals surface area contributed by atoms with Crippen LogP contribution in [0.3, 0.4) is 0 Å². The molecule has 1 heterocycles. The summed E-state index contributed by atoms with van der Waals surface area (Å²) in [5, 5.41) is 31.1. The van der Waals surface area contributed by atoms with Crippen LogP contribution in [0.1, 0.15) is 23.6 Å². The number of hydrogen-bond acceptors (Lipinski definition) is 5. The molecule has 0 aliphatic carbocycles. The quantitative estimate of drug-likeness (QED) is 0.249. The predicted octanol–water partition coefficient (Wildman–Crippen LogP) is 6.01. The third kappa shape index (κ3) is 3.25. The first-order chi connectivity index (χ1) is 18.0. The van der Waals surface area contributed by atoms with E-state index in [0.29, 0.717) is 11.3 Å². The van der Waals surface area contributed by atoms with Crippen molar-refractivity contribution in [2.45, 2.75) is 6.92 Å². The monoisotopic (exact) mass is 477 g/mol. The Labute approximate surface area is 212 Å². The van der Waals surface area contributed by atoms with E-state index in [9.17, 15) is 15.3 Å². The molecule has 0 atom stereocenters. The summed E-state index contributed by atoms with van der Waals surface area (Å²) in [4.78, 5) is 13.4. The van der Waals surface area contributed by atoms with E-state index in [4.69, 9.17) is 5.73 Å². The van der Waals surface area contributed by atoms with Crippen LogP contribution in [0, 0.1) is 22.7 Å². The van der Waals surface area contributed by atoms with Crippen LogP contribution in [0.5, 0.6) is 0 Å². The highest BCUT2D eigenvalue weighted by atomic mass is 16.1. The average Bonchev–Trinajstić information content (AvgIpc) is 2.94. The molecule has 0 fully saturated rings. The SMILES string of the molecule is C/C(=N\n1c(N)c(C#N)c(-c2ccccc2)c(C#N)c1=O)c1ccc2ccc3cccc4ccc1c2c34. The maximum Gasteiger partial charge on any atom is 0.291 e. The number of nitrogens with zero attached hydrogens (tertiary/aromatic N) is 4. The van der Waals surface area contributed by atoms with Gasteiger partial charge in [-0.2, -0.15) is 20.3 Å². The second-order valence-corrected chi connectivity index (χ2v) is 8.87. The minimum absolute atomic E-state index is 0.0364. The van der Waals surface area contributed by atoms with Crippen LogP contribution in [0.15, 0.2) is 94.8 Å². The molecule has 0 unspecified atom stereocenters. The predicted molar refractivity (Wildman–Crippen MR) is 148 cm³/mol. The van der Waals surface area contributed by atoms with Crippen LogP contribution < -0.4 is 11.3 Å². The van der Waals surface area contributed by atoms with Crippen LogP contribution >= 0.6 is 0 Å². The Morgan fingerprint density at radius 3 is 2.08 bits per heavy atom. The van der Waals surface area contributed by atoms with Gasteiger partial charge in [-0.05, 0) is 44.8 Å². The summed E-state index contributed by atoms with van der Waals surface area (Å²) < 4.78 is 0.969. The highest BCUT2D eigenvalue weighted by Gasteiger charge is 2.22. The Hall–Kier alpha value is -5.46. The Bertz CT molecular complexity index is 2020. The van der Waals surface area contributed by atoms with E-state index in [1.165, 1.54) is 5.39 Å². The molecule has 0 bridgehead atoms. The maximum atomic E-state index is 13.4. The fourth-order valence-corrected chi connectivity index (χ4v) is 5.15. The van der Waals surface area contributed by atoms with Gasteiger partial charge in [0, 0.05) is 11.1 Å². The molecule has 1 aromatic heterocycles. The third-order valence-electron chi connectivity index (χ3n) is 6.85. The fraction of sp³-hybridized carbons (Fsp3) is 0.0323. The van der Waals surface area contributed by atoms with Gasteiger partial charge in [0.25, 0.3) is 5.56 Å². The van der Waals surface area contributed by atoms with E-state index >= 15 is 0 Å². The molecular weight excluding hydrogens is 458 g/mol. The van der Waals surface area contributed by atoms with E-state index in [-0.39, 0.29) is 22.5 Å². The standard InChI is InChI=1S/C31H19N5O/c1-18(23-14-12-22-11-10-20-8-5-9-21-13-15-24(23)29(22)27(20)21)35-36-30(34)25(16-32)28(26(17-33)31(36)37)19-6-3-2-4-7-19/h2-15H,34H2,1H3/b35-18+. The van der Waals surface area contributed by atoms with Gasteiger partial charge < -0.3 is 5.73 Å². The summed E-state index contributed by atoms with van der Waals surface area (Å²) >= 11 is 0. The summed E-state index contributed by atoms with van der Waals surface area (Å²) in [6, 6.07) is 31.5. The molecule has 0 saturated carbocycles. The first kappa shape index (κ1) is 22.0. The zero-order chi connectivity index (χ0) is 25.7. The lowest BCUT2D eigenvalue weighted by atomic mass is 9.91. The minimum Gasteiger partial charge on any atom is -0.382 e. The van der Waals surface area contributed by atoms with E-state index in [1.807, 2.05) is 30.3 Å². The van der Waals surface area contributed by atoms with E-state index in [1.54, 1.807) is 31.2 Å². The van der Waals surface area contributed by atoms with Crippen LogP contribution in [0.2, 0.25) is 0 Å². The number of nitrogen functional groups attached to an aromatic ring is 1. The second kappa shape index (κ2) is 8.34. The number of anilines is 1. The van der Waals surface area contributed by atoms with Gasteiger partial charge in [0.1, 0.15) is 29.1 Å². The lowest BCUT2D eigenvalue weighted by molar-refractivity contribution is 0.835. The molecule has 0 aliphatic rings. The molecule has 0 aliphatic heterocycles. The average molecular weight is 478 g/mol. The molecule has 0 saturated heterocycles. The molecule has 0 amide bonds. The van der Waals surface area contributed by atoms with Crippen molar-refractivity contribution in [3.63, 3.8) is 0 Å². The van der Waals surface area contributed by atoms with Crippen molar-refractivity contribution in [3.8, 4) is 23.3 Å². The highest BCUT2D eigenvalue weighted by molar-refractivity contribution is 6.26. The lowest BCUT2D eigenvalue weighted by Gasteiger charge is -2.15. The first-order valence-electron chi connectivity index (χ1n) is 11.7. The Morgan fingerprint density at radius 2 is 1.41 bits per heavy atom. The van der Waals surface area contributed by atoms with Gasteiger partial charge in [-0.3, -0.25) is 4.79 Å². The van der Waals surface area contributed by atoms with Crippen molar-refractivity contribution < 1.29 is 0 Å². The molecular formula is C31H19N5O. The number of aromatic nitrogens is 1. The minimum atomic E-state index is -0.671. The molecule has 0 radical (unpaired) electrons. The van der Waals surface area contributed by atoms with E-state index in [2.05, 4.69) is 47.6 Å². The van der Waals surface area contributed by atoms with Crippen molar-refractivity contribution in [2.24, 2.45) is 5.10 Å². The zero-order valence-electron chi connectivity index (χ0n) is 19.9. The Balaban J connectivity index is 1.62. The number of pyridine rings is 1. The first-order valence-corrected chi connectivity index (χ1v) is 11.7. The fourth-order valence-electron chi connectivity index (χ4n) is 5.15. The van der Waals surface area contributed by atoms with Crippen molar-refractivity contribution in [1.82, 2.24) is 4.68 Å². The second-order valence-electron chi connectivity index (χ2n) is 8.87. The summed E-state index contributed by atoms with van der Waals surface area (Å²) in [5.74, 6) is -0.109. The van der Waals surface area contributed by atoms with E-state index in [0.717, 1.165) is 37.2 Å². The van der Waals surface area contributed by atoms with Crippen molar-refractivity contribution in [1.29, 1.82) is 10.5 Å². The smallest absolute Gasteiger partial charge is 0.291 e. The van der Waals surface area contributed by atoms with Crippen molar-refractivity contribution >= 4 is 43.8 Å². The number of nitrogens with two attached hydrogens (primary N) is 1. The molecule has 6 nitrogen and oxygen atoms in total. The molecule has 6 rings (SSSR count). The normalized spacial score (nSPS) is 11.7. The molecule has 5 aromatic carbocycles. The Morgan fingerprint density at radius 1 is 0.784 bits per heavy atom. The lowest BCUT2D eigenvalue weighted by Crippen LogP contribution is -2.26. The van der Waals surface area contributed by atoms with Gasteiger partial charge in [-0.15, -0.1) is 0 Å². The van der Waals surface area contributed by atoms with Crippen molar-refractivity contribution in [2.75, 3.05) is 5.73 Å². The number of benzene rings is 5. The highest BCUT2D eigenvalue weighted by Crippen LogP contribution is 2.36. The summed E-state index contributed by atoms with van der Waals surface area (Å²) in [5.41, 5.74) is 7.69. The van der Waals surface area contributed by atoms with Crippen LogP contribution in [0.4, 0.5) is 5.82 Å². The van der Waals surface area contributed by atoms with E-state index < -0.39 is 5.56 Å². The summed E-state index contributed by atoms with van der Waals surface area (Å²) in [6.45, 7) is 1.79. The summed E-state index contributed by atoms with van der Waals surface area (Å²) in [7, 11) is 0. The van der Waals surface area contributed by atoms with Crippen LogP contribution in [-0.2, 0) is 0 Å². The third-order valence-corrected chi connectivity index (χ3v) is 6.85. The van der Waals surface area contributed by atoms with Gasteiger partial charge in [0.2, 0.25) is 0 Å². The number of nitriles is 2. The van der Waals surface area contributed by atoms with Crippen LogP contribution in [0.25, 0.3) is 43.4 Å². The van der Waals surface area contributed by atoms with Crippen LogP contribution in [-0.4, -0.2) is 10.4 Å². The topological polar surface area (TPSA) is 108 Å². The Kier molecular flexibility index (Phi) is 4.96. The zero-order valence-corrected chi connectivity index (χ0v) is 19.9. The molecule has 2 N–H and O–H groups in total. The maximum absolute atomic E-state index is 13.4. The van der Waals surface area contributed by atoms with Gasteiger partial charge >= 0.3 is 0 Å². The number of hydrogen-bond donors (Lipinski definition) is 1. The molecule has 6 heteroatoms. The molecule has 0 spiro atoms. The summed E-state index contributed by atoms with van der Waals surface area (Å²) in [6.07, 6.45) is 0. The molecule has 6 aromatic rings. The molecule has 174 valence electrons. The largest absolute Gasteiger partial charge is 0.382 e. The van der Waals surface area contributed by atoms with Gasteiger partial charge in [0.05, 0.1) is 5.71 Å². The molecule has 37 heavy (non-hydrogen) atoms. The number of rotatable bonds is 3. The van der Waals surface area contributed by atoms with Crippen molar-refractivity contribution in [3.05, 3.63) is 112 Å². The van der Waals surface area contributed by atoms with Gasteiger partial charge in [-0.25, -0.2) is 0 Å². The van der Waals surface area contributed by atoms with Gasteiger partial charge in [-0.1, -0.05) is 84.9 Å². The van der Waals surface area contributed by atoms with Gasteiger partial charge in [0.15, 0.2) is 0 Å².